The summed E-state index contributed by atoms with van der Waals surface area (Å²) in [4.78, 5) is 0. The molecule has 124 valence electrons. The number of rotatable bonds is 9. The number of ether oxygens (including phenoxy) is 2. The second-order valence-corrected chi connectivity index (χ2v) is 6.10. The molecule has 23 heavy (non-hydrogen) atoms. The maximum atomic E-state index is 5.79. The van der Waals surface area contributed by atoms with Crippen molar-refractivity contribution in [3.8, 4) is 11.5 Å². The van der Waals surface area contributed by atoms with Crippen LogP contribution < -0.4 is 14.8 Å². The minimum absolute atomic E-state index is 0.628. The minimum Gasteiger partial charge on any atom is -0.494 e. The Morgan fingerprint density at radius 2 is 1.78 bits per heavy atom. The quantitative estimate of drug-likeness (QED) is 0.667. The third-order valence-corrected chi connectivity index (χ3v) is 3.58. The number of para-hydroxylation sites is 1. The Hall–Kier alpha value is -2.16. The van der Waals surface area contributed by atoms with Gasteiger partial charge >= 0.3 is 0 Å². The summed E-state index contributed by atoms with van der Waals surface area (Å²) in [5.41, 5.74) is 2.22. The molecule has 0 aromatic heterocycles. The van der Waals surface area contributed by atoms with E-state index >= 15 is 0 Å². The van der Waals surface area contributed by atoms with Crippen LogP contribution >= 0.6 is 0 Å². The van der Waals surface area contributed by atoms with Crippen molar-refractivity contribution >= 4 is 5.69 Å². The van der Waals surface area contributed by atoms with Crippen LogP contribution in [0.3, 0.4) is 0 Å². The summed E-state index contributed by atoms with van der Waals surface area (Å²) in [6.07, 6.45) is 1.07. The van der Waals surface area contributed by atoms with Gasteiger partial charge in [0.15, 0.2) is 0 Å². The molecule has 2 aromatic rings. The number of benzene rings is 2. The number of hydrogen-bond donors (Lipinski definition) is 1. The first kappa shape index (κ1) is 17.2. The van der Waals surface area contributed by atoms with Crippen molar-refractivity contribution in [1.82, 2.24) is 0 Å². The first-order chi connectivity index (χ1) is 11.1. The van der Waals surface area contributed by atoms with E-state index < -0.39 is 0 Å². The Labute approximate surface area is 139 Å². The third-order valence-electron chi connectivity index (χ3n) is 3.58. The lowest BCUT2D eigenvalue weighted by molar-refractivity contribution is 0.289. The van der Waals surface area contributed by atoms with Gasteiger partial charge in [-0.25, -0.2) is 0 Å². The highest BCUT2D eigenvalue weighted by molar-refractivity contribution is 5.48. The molecule has 0 unspecified atom stereocenters. The lowest BCUT2D eigenvalue weighted by Crippen LogP contribution is -2.12. The Kier molecular flexibility index (Phi) is 6.79. The molecule has 0 aliphatic carbocycles. The van der Waals surface area contributed by atoms with Gasteiger partial charge in [-0.2, -0.15) is 0 Å². The average Bonchev–Trinajstić information content (AvgIpc) is 2.53. The Balaban J connectivity index is 1.74. The van der Waals surface area contributed by atoms with Gasteiger partial charge in [0.25, 0.3) is 0 Å². The summed E-state index contributed by atoms with van der Waals surface area (Å²) < 4.78 is 11.6. The lowest BCUT2D eigenvalue weighted by atomic mass is 10.1. The van der Waals surface area contributed by atoms with E-state index in [9.17, 15) is 0 Å². The van der Waals surface area contributed by atoms with Gasteiger partial charge in [-0.1, -0.05) is 38.1 Å². The normalized spacial score (nSPS) is 10.6. The molecule has 0 radical (unpaired) electrons. The number of nitrogens with one attached hydrogen (secondary N) is 1. The van der Waals surface area contributed by atoms with E-state index in [-0.39, 0.29) is 0 Å². The second-order valence-electron chi connectivity index (χ2n) is 6.10. The van der Waals surface area contributed by atoms with E-state index in [2.05, 4.69) is 32.2 Å². The largest absolute Gasteiger partial charge is 0.494 e. The van der Waals surface area contributed by atoms with Crippen LogP contribution in [0.1, 0.15) is 25.8 Å². The Morgan fingerprint density at radius 3 is 2.57 bits per heavy atom. The third kappa shape index (κ3) is 6.23. The monoisotopic (exact) mass is 313 g/mol. The maximum Gasteiger partial charge on any atom is 0.122 e. The van der Waals surface area contributed by atoms with Crippen LogP contribution in [0.5, 0.6) is 11.5 Å². The minimum atomic E-state index is 0.628. The van der Waals surface area contributed by atoms with E-state index in [1.165, 1.54) is 0 Å². The fourth-order valence-electron chi connectivity index (χ4n) is 2.18. The van der Waals surface area contributed by atoms with Crippen molar-refractivity contribution in [2.75, 3.05) is 25.1 Å². The van der Waals surface area contributed by atoms with Gasteiger partial charge in [0.2, 0.25) is 0 Å². The van der Waals surface area contributed by atoms with Crippen molar-refractivity contribution in [2.24, 2.45) is 5.92 Å². The number of anilines is 1. The topological polar surface area (TPSA) is 30.5 Å². The molecular formula is C20H27NO2. The number of hydrogen-bond acceptors (Lipinski definition) is 3. The van der Waals surface area contributed by atoms with Crippen molar-refractivity contribution in [3.63, 3.8) is 0 Å². The molecule has 3 nitrogen and oxygen atoms in total. The number of aryl methyl sites for hydroxylation is 1. The SMILES string of the molecule is Cc1ccccc1OCCNc1cccc(OCCC(C)C)c1. The lowest BCUT2D eigenvalue weighted by Gasteiger charge is -2.12. The first-order valence-electron chi connectivity index (χ1n) is 8.30. The summed E-state index contributed by atoms with van der Waals surface area (Å²) in [5.74, 6) is 2.52. The van der Waals surface area contributed by atoms with Crippen molar-refractivity contribution in [1.29, 1.82) is 0 Å². The van der Waals surface area contributed by atoms with Crippen LogP contribution in [0.15, 0.2) is 48.5 Å². The van der Waals surface area contributed by atoms with Crippen LogP contribution in [0.25, 0.3) is 0 Å². The molecule has 2 aromatic carbocycles. The van der Waals surface area contributed by atoms with Gasteiger partial charge in [-0.05, 0) is 43.0 Å². The molecule has 0 heterocycles. The van der Waals surface area contributed by atoms with E-state index in [1.54, 1.807) is 0 Å². The van der Waals surface area contributed by atoms with Crippen LogP contribution in [-0.2, 0) is 0 Å². The molecular weight excluding hydrogens is 286 g/mol. The molecule has 0 saturated heterocycles. The zero-order valence-electron chi connectivity index (χ0n) is 14.3. The molecule has 0 aliphatic rings. The second kappa shape index (κ2) is 9.09. The average molecular weight is 313 g/mol. The van der Waals surface area contributed by atoms with Crippen molar-refractivity contribution in [2.45, 2.75) is 27.2 Å². The van der Waals surface area contributed by atoms with E-state index in [4.69, 9.17) is 9.47 Å². The van der Waals surface area contributed by atoms with Crippen LogP contribution in [0, 0.1) is 12.8 Å². The summed E-state index contributed by atoms with van der Waals surface area (Å²) in [7, 11) is 0. The molecule has 0 aliphatic heterocycles. The smallest absolute Gasteiger partial charge is 0.122 e. The van der Waals surface area contributed by atoms with Gasteiger partial charge < -0.3 is 14.8 Å². The van der Waals surface area contributed by atoms with Crippen LogP contribution in [0.4, 0.5) is 5.69 Å². The molecule has 1 N–H and O–H groups in total. The van der Waals surface area contributed by atoms with Gasteiger partial charge in [0.05, 0.1) is 6.61 Å². The van der Waals surface area contributed by atoms with Crippen LogP contribution in [0.2, 0.25) is 0 Å². The Bertz CT molecular complexity index is 596. The van der Waals surface area contributed by atoms with Gasteiger partial charge in [0, 0.05) is 18.3 Å². The summed E-state index contributed by atoms with van der Waals surface area (Å²) in [5, 5.41) is 3.37. The molecule has 0 fully saturated rings. The molecule has 0 amide bonds. The standard InChI is InChI=1S/C20H27NO2/c1-16(2)11-13-22-19-9-6-8-18(15-19)21-12-14-23-20-10-5-4-7-17(20)3/h4-10,15-16,21H,11-14H2,1-3H3. The van der Waals surface area contributed by atoms with Crippen molar-refractivity contribution < 1.29 is 9.47 Å². The summed E-state index contributed by atoms with van der Waals surface area (Å²) in [6.45, 7) is 8.61. The highest BCUT2D eigenvalue weighted by Gasteiger charge is 2.00. The zero-order valence-corrected chi connectivity index (χ0v) is 14.3. The maximum absolute atomic E-state index is 5.79. The van der Waals surface area contributed by atoms with E-state index in [0.717, 1.165) is 42.3 Å². The summed E-state index contributed by atoms with van der Waals surface area (Å²) >= 11 is 0. The van der Waals surface area contributed by atoms with Gasteiger partial charge in [-0.3, -0.25) is 0 Å². The predicted octanol–water partition coefficient (Wildman–Crippen LogP) is 4.91. The highest BCUT2D eigenvalue weighted by atomic mass is 16.5. The Morgan fingerprint density at radius 1 is 0.957 bits per heavy atom. The van der Waals surface area contributed by atoms with Gasteiger partial charge in [-0.15, -0.1) is 0 Å². The van der Waals surface area contributed by atoms with E-state index in [0.29, 0.717) is 12.5 Å². The molecule has 0 atom stereocenters. The fraction of sp³-hybridized carbons (Fsp3) is 0.400. The molecule has 2 rings (SSSR count). The predicted molar refractivity (Wildman–Crippen MR) is 96.6 cm³/mol. The molecule has 0 spiro atoms. The molecule has 3 heteroatoms. The highest BCUT2D eigenvalue weighted by Crippen LogP contribution is 2.18. The van der Waals surface area contributed by atoms with Crippen LogP contribution in [-0.4, -0.2) is 19.8 Å². The fourth-order valence-corrected chi connectivity index (χ4v) is 2.18. The molecule has 0 bridgehead atoms. The molecule has 0 saturated carbocycles. The first-order valence-corrected chi connectivity index (χ1v) is 8.30. The van der Waals surface area contributed by atoms with Gasteiger partial charge in [0.1, 0.15) is 18.1 Å². The zero-order chi connectivity index (χ0) is 16.5. The van der Waals surface area contributed by atoms with Crippen molar-refractivity contribution in [3.05, 3.63) is 54.1 Å². The summed E-state index contributed by atoms with van der Waals surface area (Å²) in [6, 6.07) is 16.2. The van der Waals surface area contributed by atoms with E-state index in [1.807, 2.05) is 42.5 Å².